The Hall–Kier alpha value is -1.87. The van der Waals surface area contributed by atoms with Crippen molar-refractivity contribution in [2.45, 2.75) is 71.9 Å². The second-order valence-corrected chi connectivity index (χ2v) is 10.0. The predicted molar refractivity (Wildman–Crippen MR) is 128 cm³/mol. The van der Waals surface area contributed by atoms with E-state index in [9.17, 15) is 4.79 Å². The lowest BCUT2D eigenvalue weighted by Crippen LogP contribution is -2.59. The van der Waals surface area contributed by atoms with E-state index in [0.717, 1.165) is 25.3 Å². The zero-order valence-corrected chi connectivity index (χ0v) is 21.2. The molecule has 8 heteroatoms. The zero-order valence-electron chi connectivity index (χ0n) is 20.2. The lowest BCUT2D eigenvalue weighted by molar-refractivity contribution is -0.131. The van der Waals surface area contributed by atoms with Crippen LogP contribution in [0.1, 0.15) is 71.8 Å². The van der Waals surface area contributed by atoms with E-state index in [1.807, 2.05) is 20.8 Å². The van der Waals surface area contributed by atoms with Crippen molar-refractivity contribution in [3.8, 4) is 11.5 Å². The van der Waals surface area contributed by atoms with E-state index < -0.39 is 20.5 Å². The summed E-state index contributed by atoms with van der Waals surface area (Å²) in [6, 6.07) is 5.31. The first kappa shape index (κ1) is 28.2. The number of hydrogen-bond acceptors (Lipinski definition) is 6. The molecule has 32 heavy (non-hydrogen) atoms. The highest BCUT2D eigenvalue weighted by Gasteiger charge is 2.51. The Kier molecular flexibility index (Phi) is 13.9. The molecule has 1 unspecified atom stereocenters. The average molecular weight is 469 g/mol. The third-order valence-electron chi connectivity index (χ3n) is 4.88. The van der Waals surface area contributed by atoms with Crippen molar-refractivity contribution < 1.29 is 32.7 Å². The second kappa shape index (κ2) is 15.9. The largest absolute Gasteiger partial charge is 0.543 e. The van der Waals surface area contributed by atoms with Gasteiger partial charge in [0.1, 0.15) is 0 Å². The fraction of sp³-hybridized carbons (Fsp3) is 0.625. The molecule has 0 saturated carbocycles. The smallest absolute Gasteiger partial charge is 0.493 e. The van der Waals surface area contributed by atoms with Crippen molar-refractivity contribution in [3.63, 3.8) is 0 Å². The topological polar surface area (TPSA) is 83.5 Å². The number of unbranched alkanes of at least 4 members (excludes halogenated alkanes) is 4. The zero-order chi connectivity index (χ0) is 23.8. The van der Waals surface area contributed by atoms with Crippen LogP contribution >= 0.6 is 0 Å². The number of benzene rings is 1. The van der Waals surface area contributed by atoms with Crippen LogP contribution in [0.5, 0.6) is 11.5 Å². The van der Waals surface area contributed by atoms with Crippen molar-refractivity contribution in [2.75, 3.05) is 26.9 Å². The van der Waals surface area contributed by atoms with Crippen molar-refractivity contribution in [1.29, 1.82) is 0 Å². The number of carbonyl (C=O) groups is 1. The number of aliphatic carboxylic acids is 1. The fourth-order valence-corrected chi connectivity index (χ4v) is 6.30. The van der Waals surface area contributed by atoms with Crippen molar-refractivity contribution in [3.05, 3.63) is 29.8 Å². The highest BCUT2D eigenvalue weighted by atomic mass is 28.4. The summed E-state index contributed by atoms with van der Waals surface area (Å²) < 4.78 is 30.4. The number of hydrogen-bond donors (Lipinski definition) is 1. The average Bonchev–Trinajstić information content (AvgIpc) is 2.77. The molecule has 1 aromatic carbocycles. The van der Waals surface area contributed by atoms with Gasteiger partial charge in [0.15, 0.2) is 17.2 Å². The number of rotatable bonds is 18. The number of carboxylic acids is 1. The molecule has 1 rings (SSSR count). The first-order chi connectivity index (χ1) is 15.5. The summed E-state index contributed by atoms with van der Waals surface area (Å²) in [4.78, 5) is 10.9. The summed E-state index contributed by atoms with van der Waals surface area (Å²) in [6.07, 6.45) is 8.98. The first-order valence-electron chi connectivity index (χ1n) is 11.6. The summed E-state index contributed by atoms with van der Waals surface area (Å²) in [7, 11) is -1.58. The monoisotopic (exact) mass is 468 g/mol. The maximum absolute atomic E-state index is 10.9. The normalized spacial score (nSPS) is 12.8. The molecule has 1 aromatic rings. The molecular weight excluding hydrogens is 428 g/mol. The first-order valence-corrected chi connectivity index (χ1v) is 13.4. The highest BCUT2D eigenvalue weighted by molar-refractivity contribution is 6.62. The minimum atomic E-state index is -3.16. The molecule has 1 atom stereocenters. The van der Waals surface area contributed by atoms with Crippen molar-refractivity contribution in [2.24, 2.45) is 0 Å². The molecule has 0 saturated heterocycles. The standard InChI is InChI=1S/C24H40O7Si/c1-6-10-11-12-13-14-24(32(28-7-2,29-8-3)30-9-4)31-22-19-20(16-18-23(25)26)15-17-21(22)27-5/h15-19,24H,6-14H2,1-5H3,(H,25,26)/b18-16+. The van der Waals surface area contributed by atoms with Gasteiger partial charge < -0.3 is 27.9 Å². The molecule has 0 aliphatic rings. The summed E-state index contributed by atoms with van der Waals surface area (Å²) in [5, 5.41) is 8.95. The lowest BCUT2D eigenvalue weighted by Gasteiger charge is -2.35. The quantitative estimate of drug-likeness (QED) is 0.173. The molecule has 0 radical (unpaired) electrons. The van der Waals surface area contributed by atoms with Gasteiger partial charge in [-0.3, -0.25) is 0 Å². The third-order valence-corrected chi connectivity index (χ3v) is 8.14. The van der Waals surface area contributed by atoms with Crippen LogP contribution in [0.25, 0.3) is 6.08 Å². The SMILES string of the molecule is CCCCCCCC(Oc1cc(/C=C/C(=O)O)ccc1OC)[Si](OCC)(OCC)OCC. The maximum atomic E-state index is 10.9. The molecule has 0 aliphatic heterocycles. The Bertz CT molecular complexity index is 676. The van der Waals surface area contributed by atoms with Crippen LogP contribution in [0.15, 0.2) is 24.3 Å². The Morgan fingerprint density at radius 3 is 2.12 bits per heavy atom. The van der Waals surface area contributed by atoms with Crippen LogP contribution in [-0.4, -0.2) is 52.5 Å². The molecule has 0 heterocycles. The van der Waals surface area contributed by atoms with E-state index in [0.29, 0.717) is 36.9 Å². The Morgan fingerprint density at radius 2 is 1.59 bits per heavy atom. The van der Waals surface area contributed by atoms with Crippen LogP contribution in [-0.2, 0) is 18.1 Å². The number of methoxy groups -OCH3 is 1. The van der Waals surface area contributed by atoms with Crippen LogP contribution in [0.4, 0.5) is 0 Å². The molecule has 0 aromatic heterocycles. The predicted octanol–water partition coefficient (Wildman–Crippen LogP) is 5.49. The van der Waals surface area contributed by atoms with Gasteiger partial charge in [-0.1, -0.05) is 38.7 Å². The molecule has 7 nitrogen and oxygen atoms in total. The third kappa shape index (κ3) is 9.32. The second-order valence-electron chi connectivity index (χ2n) is 7.29. The molecule has 1 N–H and O–H groups in total. The van der Waals surface area contributed by atoms with Gasteiger partial charge in [-0.2, -0.15) is 0 Å². The molecule has 0 fully saturated rings. The van der Waals surface area contributed by atoms with Gasteiger partial charge in [-0.15, -0.1) is 0 Å². The van der Waals surface area contributed by atoms with Gasteiger partial charge in [-0.05, 0) is 57.4 Å². The maximum Gasteiger partial charge on any atom is 0.543 e. The van der Waals surface area contributed by atoms with Gasteiger partial charge >= 0.3 is 14.8 Å². The van der Waals surface area contributed by atoms with Crippen LogP contribution < -0.4 is 9.47 Å². The van der Waals surface area contributed by atoms with Crippen molar-refractivity contribution >= 4 is 20.8 Å². The molecular formula is C24H40O7Si. The highest BCUT2D eigenvalue weighted by Crippen LogP contribution is 2.33. The Balaban J connectivity index is 3.27. The van der Waals surface area contributed by atoms with Crippen molar-refractivity contribution in [1.82, 2.24) is 0 Å². The minimum Gasteiger partial charge on any atom is -0.493 e. The van der Waals surface area contributed by atoms with E-state index in [2.05, 4.69) is 6.92 Å². The van der Waals surface area contributed by atoms with Gasteiger partial charge in [0.25, 0.3) is 0 Å². The van der Waals surface area contributed by atoms with E-state index in [-0.39, 0.29) is 0 Å². The molecule has 0 amide bonds. The van der Waals surface area contributed by atoms with E-state index >= 15 is 0 Å². The van der Waals surface area contributed by atoms with E-state index in [1.165, 1.54) is 25.3 Å². The van der Waals surface area contributed by atoms with Crippen LogP contribution in [0, 0.1) is 0 Å². The van der Waals surface area contributed by atoms with Gasteiger partial charge in [0.2, 0.25) is 0 Å². The van der Waals surface area contributed by atoms with E-state index in [4.69, 9.17) is 27.9 Å². The fourth-order valence-electron chi connectivity index (χ4n) is 3.46. The Morgan fingerprint density at radius 1 is 0.969 bits per heavy atom. The van der Waals surface area contributed by atoms with Crippen LogP contribution in [0.3, 0.4) is 0 Å². The molecule has 0 bridgehead atoms. The molecule has 0 aliphatic carbocycles. The van der Waals surface area contributed by atoms with E-state index in [1.54, 1.807) is 25.3 Å². The summed E-state index contributed by atoms with van der Waals surface area (Å²) in [5.74, 6) is 0.0548. The van der Waals surface area contributed by atoms with Gasteiger partial charge in [0.05, 0.1) is 7.11 Å². The van der Waals surface area contributed by atoms with Gasteiger partial charge in [-0.25, -0.2) is 4.79 Å². The Labute approximate surface area is 194 Å². The summed E-state index contributed by atoms with van der Waals surface area (Å²) in [6.45, 7) is 9.35. The van der Waals surface area contributed by atoms with Gasteiger partial charge in [0, 0.05) is 25.9 Å². The summed E-state index contributed by atoms with van der Waals surface area (Å²) >= 11 is 0. The summed E-state index contributed by atoms with van der Waals surface area (Å²) in [5.41, 5.74) is 0.290. The van der Waals surface area contributed by atoms with Crippen LogP contribution in [0.2, 0.25) is 0 Å². The lowest BCUT2D eigenvalue weighted by atomic mass is 10.1. The number of carboxylic acid groups (broad SMARTS) is 1. The minimum absolute atomic E-state index is 0.406. The number of ether oxygens (including phenoxy) is 2. The molecule has 0 spiro atoms. The molecule has 182 valence electrons.